The molecule has 4 nitrogen and oxygen atoms in total. The second-order valence-corrected chi connectivity index (χ2v) is 6.09. The van der Waals surface area contributed by atoms with Gasteiger partial charge in [-0.2, -0.15) is 0 Å². The first-order valence-electron chi connectivity index (χ1n) is 7.47. The molecule has 2 heterocycles. The van der Waals surface area contributed by atoms with Gasteiger partial charge in [0.15, 0.2) is 0 Å². The van der Waals surface area contributed by atoms with E-state index in [0.717, 1.165) is 32.4 Å². The minimum Gasteiger partial charge on any atom is -0.497 e. The number of hydrogen-bond acceptors (Lipinski definition) is 4. The van der Waals surface area contributed by atoms with Crippen LogP contribution in [0.3, 0.4) is 0 Å². The Morgan fingerprint density at radius 3 is 2.81 bits per heavy atom. The number of aliphatic hydroxyl groups is 1. The second-order valence-electron chi connectivity index (χ2n) is 6.09. The molecule has 1 aromatic rings. The molecule has 0 amide bonds. The Bertz CT molecular complexity index is 500. The van der Waals surface area contributed by atoms with Gasteiger partial charge in [-0.05, 0) is 31.0 Å². The molecule has 5 heteroatoms. The van der Waals surface area contributed by atoms with Crippen LogP contribution >= 0.6 is 0 Å². The Hall–Kier alpha value is -1.17. The topological polar surface area (TPSA) is 41.9 Å². The molecule has 1 N–H and O–H groups in total. The average Bonchev–Trinajstić information content (AvgIpc) is 2.85. The highest BCUT2D eigenvalue weighted by molar-refractivity contribution is 5.29. The van der Waals surface area contributed by atoms with Crippen molar-refractivity contribution in [1.82, 2.24) is 4.90 Å². The van der Waals surface area contributed by atoms with Crippen LogP contribution in [0.2, 0.25) is 0 Å². The highest BCUT2D eigenvalue weighted by atomic mass is 19.1. The Labute approximate surface area is 124 Å². The summed E-state index contributed by atoms with van der Waals surface area (Å²) in [5.74, 6) is 0.491. The van der Waals surface area contributed by atoms with Gasteiger partial charge in [-0.25, -0.2) is 4.39 Å². The van der Waals surface area contributed by atoms with E-state index in [2.05, 4.69) is 4.90 Å². The number of ether oxygens (including phenoxy) is 2. The summed E-state index contributed by atoms with van der Waals surface area (Å²) in [5.41, 5.74) is 0.515. The van der Waals surface area contributed by atoms with Crippen LogP contribution < -0.4 is 4.74 Å². The highest BCUT2D eigenvalue weighted by Crippen LogP contribution is 2.36. The molecule has 2 aliphatic heterocycles. The predicted octanol–water partition coefficient (Wildman–Crippen LogP) is 1.95. The summed E-state index contributed by atoms with van der Waals surface area (Å²) in [6, 6.07) is 4.85. The van der Waals surface area contributed by atoms with E-state index in [1.807, 2.05) is 0 Å². The summed E-state index contributed by atoms with van der Waals surface area (Å²) < 4.78 is 24.8. The third-order valence-corrected chi connectivity index (χ3v) is 4.60. The zero-order valence-electron chi connectivity index (χ0n) is 12.3. The van der Waals surface area contributed by atoms with E-state index in [1.54, 1.807) is 19.2 Å². The fraction of sp³-hybridized carbons (Fsp3) is 0.625. The van der Waals surface area contributed by atoms with Crippen molar-refractivity contribution < 1.29 is 19.0 Å². The van der Waals surface area contributed by atoms with Gasteiger partial charge in [-0.1, -0.05) is 0 Å². The molecule has 0 radical (unpaired) electrons. The first-order valence-corrected chi connectivity index (χ1v) is 7.47. The molecule has 0 aromatic heterocycles. The van der Waals surface area contributed by atoms with Crippen LogP contribution in [0.1, 0.15) is 24.8 Å². The normalized spacial score (nSPS) is 25.4. The van der Waals surface area contributed by atoms with Crippen LogP contribution in [0.25, 0.3) is 0 Å². The fourth-order valence-corrected chi connectivity index (χ4v) is 3.33. The summed E-state index contributed by atoms with van der Waals surface area (Å²) in [6.45, 7) is 2.76. The quantitative estimate of drug-likeness (QED) is 0.925. The van der Waals surface area contributed by atoms with Gasteiger partial charge in [-0.15, -0.1) is 0 Å². The van der Waals surface area contributed by atoms with E-state index in [-0.39, 0.29) is 17.5 Å². The third kappa shape index (κ3) is 3.20. The average molecular weight is 295 g/mol. The van der Waals surface area contributed by atoms with Crippen LogP contribution in [0.4, 0.5) is 4.39 Å². The van der Waals surface area contributed by atoms with Crippen molar-refractivity contribution >= 4 is 0 Å². The Balaban J connectivity index is 1.60. The summed E-state index contributed by atoms with van der Waals surface area (Å²) in [5, 5.41) is 9.64. The first-order chi connectivity index (χ1) is 10.1. The molecule has 1 atom stereocenters. The van der Waals surface area contributed by atoms with E-state index in [4.69, 9.17) is 9.47 Å². The lowest BCUT2D eigenvalue weighted by atomic mass is 9.88. The van der Waals surface area contributed by atoms with E-state index in [0.29, 0.717) is 24.5 Å². The lowest BCUT2D eigenvalue weighted by Crippen LogP contribution is -2.43. The van der Waals surface area contributed by atoms with Gasteiger partial charge in [-0.3, -0.25) is 4.90 Å². The minimum atomic E-state index is -0.327. The maximum Gasteiger partial charge on any atom is 0.127 e. The monoisotopic (exact) mass is 295 g/mol. The molecule has 2 saturated heterocycles. The Morgan fingerprint density at radius 2 is 2.19 bits per heavy atom. The number of nitrogens with zero attached hydrogens (tertiary/aromatic N) is 1. The Morgan fingerprint density at radius 1 is 1.43 bits per heavy atom. The van der Waals surface area contributed by atoms with Gasteiger partial charge >= 0.3 is 0 Å². The number of aliphatic hydroxyl groups excluding tert-OH is 1. The largest absolute Gasteiger partial charge is 0.497 e. The fourth-order valence-electron chi connectivity index (χ4n) is 3.33. The van der Waals surface area contributed by atoms with Gasteiger partial charge in [0.25, 0.3) is 0 Å². The molecule has 116 valence electrons. The van der Waals surface area contributed by atoms with E-state index in [9.17, 15) is 9.50 Å². The number of hydrogen-bond donors (Lipinski definition) is 1. The standard InChI is InChI=1S/C16H22FNO3/c1-20-14-2-3-15(17)12(8-14)10-18-6-4-16(5-7-18)9-13(19)11-21-16/h2-3,8,13,19H,4-7,9-11H2,1H3. The molecule has 0 aliphatic carbocycles. The molecule has 2 aliphatic rings. The zero-order chi connectivity index (χ0) is 14.9. The summed E-state index contributed by atoms with van der Waals surface area (Å²) in [4.78, 5) is 2.23. The molecule has 1 unspecified atom stereocenters. The molecule has 1 aromatic carbocycles. The number of likely N-dealkylation sites (tertiary alicyclic amines) is 1. The number of piperidine rings is 1. The molecule has 0 saturated carbocycles. The van der Waals surface area contributed by atoms with Crippen molar-refractivity contribution in [3.05, 3.63) is 29.6 Å². The van der Waals surface area contributed by atoms with Crippen molar-refractivity contribution in [2.24, 2.45) is 0 Å². The van der Waals surface area contributed by atoms with Gasteiger partial charge in [0, 0.05) is 31.6 Å². The molecule has 2 fully saturated rings. The maximum absolute atomic E-state index is 13.9. The van der Waals surface area contributed by atoms with Crippen molar-refractivity contribution in [3.63, 3.8) is 0 Å². The minimum absolute atomic E-state index is 0.150. The van der Waals surface area contributed by atoms with Gasteiger partial charge < -0.3 is 14.6 Å². The van der Waals surface area contributed by atoms with E-state index >= 15 is 0 Å². The lowest BCUT2D eigenvalue weighted by molar-refractivity contribution is -0.0457. The summed E-state index contributed by atoms with van der Waals surface area (Å²) >= 11 is 0. The molecule has 0 bridgehead atoms. The molecule has 1 spiro atoms. The summed E-state index contributed by atoms with van der Waals surface area (Å²) in [7, 11) is 1.59. The Kier molecular flexibility index (Phi) is 4.15. The van der Waals surface area contributed by atoms with Crippen LogP contribution in [0, 0.1) is 5.82 Å². The van der Waals surface area contributed by atoms with Crippen LogP contribution in [0.15, 0.2) is 18.2 Å². The molecule has 21 heavy (non-hydrogen) atoms. The second kappa shape index (κ2) is 5.91. The van der Waals surface area contributed by atoms with E-state index in [1.165, 1.54) is 6.07 Å². The SMILES string of the molecule is COc1ccc(F)c(CN2CCC3(CC2)CC(O)CO3)c1. The highest BCUT2D eigenvalue weighted by Gasteiger charge is 2.42. The lowest BCUT2D eigenvalue weighted by Gasteiger charge is -2.38. The maximum atomic E-state index is 13.9. The predicted molar refractivity (Wildman–Crippen MR) is 76.8 cm³/mol. The van der Waals surface area contributed by atoms with E-state index < -0.39 is 0 Å². The van der Waals surface area contributed by atoms with Gasteiger partial charge in [0.2, 0.25) is 0 Å². The number of halogens is 1. The smallest absolute Gasteiger partial charge is 0.127 e. The summed E-state index contributed by atoms with van der Waals surface area (Å²) in [6.07, 6.45) is 2.20. The van der Waals surface area contributed by atoms with Crippen LogP contribution in [0.5, 0.6) is 5.75 Å². The first kappa shape index (κ1) is 14.8. The molecule has 3 rings (SSSR count). The number of benzene rings is 1. The van der Waals surface area contributed by atoms with Crippen LogP contribution in [-0.4, -0.2) is 48.5 Å². The van der Waals surface area contributed by atoms with Gasteiger partial charge in [0.05, 0.1) is 25.4 Å². The zero-order valence-corrected chi connectivity index (χ0v) is 12.3. The van der Waals surface area contributed by atoms with Crippen LogP contribution in [-0.2, 0) is 11.3 Å². The van der Waals surface area contributed by atoms with Crippen molar-refractivity contribution in [2.75, 3.05) is 26.8 Å². The van der Waals surface area contributed by atoms with Crippen molar-refractivity contribution in [2.45, 2.75) is 37.5 Å². The molecular formula is C16H22FNO3. The van der Waals surface area contributed by atoms with Crippen molar-refractivity contribution in [3.8, 4) is 5.75 Å². The number of rotatable bonds is 3. The molecular weight excluding hydrogens is 273 g/mol. The number of methoxy groups -OCH3 is 1. The van der Waals surface area contributed by atoms with Gasteiger partial charge in [0.1, 0.15) is 11.6 Å². The van der Waals surface area contributed by atoms with Crippen molar-refractivity contribution in [1.29, 1.82) is 0 Å². The third-order valence-electron chi connectivity index (χ3n) is 4.60.